The van der Waals surface area contributed by atoms with E-state index < -0.39 is 5.97 Å². The monoisotopic (exact) mass is 255 g/mol. The smallest absolute Gasteiger partial charge is 0.305 e. The maximum absolute atomic E-state index is 11.9. The molecule has 5 heteroatoms. The van der Waals surface area contributed by atoms with Gasteiger partial charge in [0.2, 0.25) is 5.91 Å². The van der Waals surface area contributed by atoms with Crippen molar-refractivity contribution in [3.05, 3.63) is 21.9 Å². The van der Waals surface area contributed by atoms with E-state index in [-0.39, 0.29) is 18.9 Å². The standard InChI is InChI=1S/C12H17NO3S/c1-3-13(7-6-12(15)16)11(14)8-10-5-4-9(2)17-10/h4-5H,3,6-8H2,1-2H3,(H,15,16). The quantitative estimate of drug-likeness (QED) is 0.845. The molecule has 0 saturated carbocycles. The Morgan fingerprint density at radius 3 is 2.59 bits per heavy atom. The van der Waals surface area contributed by atoms with Crippen molar-refractivity contribution >= 4 is 23.2 Å². The predicted molar refractivity (Wildman–Crippen MR) is 67.3 cm³/mol. The lowest BCUT2D eigenvalue weighted by Crippen LogP contribution is -2.33. The van der Waals surface area contributed by atoms with Gasteiger partial charge in [-0.1, -0.05) is 0 Å². The molecule has 0 fully saturated rings. The zero-order chi connectivity index (χ0) is 12.8. The Morgan fingerprint density at radius 1 is 1.41 bits per heavy atom. The molecule has 1 heterocycles. The van der Waals surface area contributed by atoms with Crippen LogP contribution in [-0.4, -0.2) is 35.0 Å². The first-order chi connectivity index (χ1) is 8.02. The average molecular weight is 255 g/mol. The van der Waals surface area contributed by atoms with Gasteiger partial charge < -0.3 is 10.0 Å². The highest BCUT2D eigenvalue weighted by atomic mass is 32.1. The van der Waals surface area contributed by atoms with E-state index in [1.54, 1.807) is 16.2 Å². The molecule has 4 nitrogen and oxygen atoms in total. The fourth-order valence-electron chi connectivity index (χ4n) is 1.53. The highest BCUT2D eigenvalue weighted by Crippen LogP contribution is 2.16. The van der Waals surface area contributed by atoms with Gasteiger partial charge in [0.1, 0.15) is 0 Å². The summed E-state index contributed by atoms with van der Waals surface area (Å²) in [6.45, 7) is 4.70. The minimum atomic E-state index is -0.872. The fraction of sp³-hybridized carbons (Fsp3) is 0.500. The lowest BCUT2D eigenvalue weighted by Gasteiger charge is -2.19. The first-order valence-corrected chi connectivity index (χ1v) is 6.39. The van der Waals surface area contributed by atoms with E-state index in [9.17, 15) is 9.59 Å². The molecular weight excluding hydrogens is 238 g/mol. The van der Waals surface area contributed by atoms with E-state index in [2.05, 4.69) is 0 Å². The molecule has 0 saturated heterocycles. The minimum absolute atomic E-state index is 0.00302. The number of thiophene rings is 1. The van der Waals surface area contributed by atoms with E-state index in [4.69, 9.17) is 5.11 Å². The third kappa shape index (κ3) is 4.56. The fourth-order valence-corrected chi connectivity index (χ4v) is 2.41. The Morgan fingerprint density at radius 2 is 2.12 bits per heavy atom. The number of carboxylic acids is 1. The number of aliphatic carboxylic acids is 1. The molecule has 94 valence electrons. The second kappa shape index (κ2) is 6.39. The molecule has 1 aromatic rings. The largest absolute Gasteiger partial charge is 0.481 e. The predicted octanol–water partition coefficient (Wildman–Crippen LogP) is 1.92. The second-order valence-electron chi connectivity index (χ2n) is 3.81. The van der Waals surface area contributed by atoms with Crippen LogP contribution in [0.4, 0.5) is 0 Å². The van der Waals surface area contributed by atoms with E-state index >= 15 is 0 Å². The number of carbonyl (C=O) groups is 2. The molecule has 1 rings (SSSR count). The summed E-state index contributed by atoms with van der Waals surface area (Å²) in [6, 6.07) is 3.93. The van der Waals surface area contributed by atoms with Crippen molar-refractivity contribution in [3.8, 4) is 0 Å². The van der Waals surface area contributed by atoms with Gasteiger partial charge in [0.25, 0.3) is 0 Å². The van der Waals surface area contributed by atoms with E-state index in [0.29, 0.717) is 13.0 Å². The number of likely N-dealkylation sites (N-methyl/N-ethyl adjacent to an activating group) is 1. The van der Waals surface area contributed by atoms with Crippen LogP contribution in [0.3, 0.4) is 0 Å². The normalized spacial score (nSPS) is 10.2. The van der Waals surface area contributed by atoms with Crippen molar-refractivity contribution < 1.29 is 14.7 Å². The molecule has 1 aromatic heterocycles. The van der Waals surface area contributed by atoms with Crippen molar-refractivity contribution in [1.82, 2.24) is 4.90 Å². The number of hydrogen-bond donors (Lipinski definition) is 1. The Bertz CT molecular complexity index is 400. The highest BCUT2D eigenvalue weighted by molar-refractivity contribution is 7.12. The highest BCUT2D eigenvalue weighted by Gasteiger charge is 2.14. The topological polar surface area (TPSA) is 57.6 Å². The molecule has 0 aliphatic carbocycles. The molecule has 1 amide bonds. The van der Waals surface area contributed by atoms with Crippen molar-refractivity contribution in [2.45, 2.75) is 26.7 Å². The number of nitrogens with zero attached hydrogens (tertiary/aromatic N) is 1. The van der Waals surface area contributed by atoms with E-state index in [1.807, 2.05) is 26.0 Å². The van der Waals surface area contributed by atoms with E-state index in [1.165, 1.54) is 4.88 Å². The summed E-state index contributed by atoms with van der Waals surface area (Å²) in [5.41, 5.74) is 0. The van der Waals surface area contributed by atoms with Crippen LogP contribution in [0.15, 0.2) is 12.1 Å². The lowest BCUT2D eigenvalue weighted by atomic mass is 10.3. The first kappa shape index (κ1) is 13.7. The summed E-state index contributed by atoms with van der Waals surface area (Å²) >= 11 is 1.60. The van der Waals surface area contributed by atoms with Gasteiger partial charge in [-0.15, -0.1) is 11.3 Å². The van der Waals surface area contributed by atoms with Crippen molar-refractivity contribution in [2.24, 2.45) is 0 Å². The Hall–Kier alpha value is -1.36. The Labute approximate surface area is 105 Å². The van der Waals surface area contributed by atoms with Crippen molar-refractivity contribution in [2.75, 3.05) is 13.1 Å². The molecular formula is C12H17NO3S. The summed E-state index contributed by atoms with van der Waals surface area (Å²) in [6.07, 6.45) is 0.370. The molecule has 0 aromatic carbocycles. The van der Waals surface area contributed by atoms with Gasteiger partial charge in [0, 0.05) is 22.8 Å². The third-order valence-corrected chi connectivity index (χ3v) is 3.45. The number of carboxylic acid groups (broad SMARTS) is 1. The molecule has 1 N–H and O–H groups in total. The number of aryl methyl sites for hydroxylation is 1. The number of rotatable bonds is 6. The molecule has 0 radical (unpaired) electrons. The van der Waals surface area contributed by atoms with Crippen LogP contribution in [0.2, 0.25) is 0 Å². The summed E-state index contributed by atoms with van der Waals surface area (Å²) < 4.78 is 0. The maximum atomic E-state index is 11.9. The second-order valence-corrected chi connectivity index (χ2v) is 5.18. The van der Waals surface area contributed by atoms with Gasteiger partial charge in [-0.05, 0) is 26.0 Å². The van der Waals surface area contributed by atoms with Gasteiger partial charge in [-0.3, -0.25) is 9.59 Å². The van der Waals surface area contributed by atoms with Gasteiger partial charge in [-0.2, -0.15) is 0 Å². The van der Waals surface area contributed by atoms with Crippen LogP contribution in [0.1, 0.15) is 23.1 Å². The van der Waals surface area contributed by atoms with Crippen molar-refractivity contribution in [3.63, 3.8) is 0 Å². The molecule has 17 heavy (non-hydrogen) atoms. The SMILES string of the molecule is CCN(CCC(=O)O)C(=O)Cc1ccc(C)s1. The van der Waals surface area contributed by atoms with Gasteiger partial charge in [-0.25, -0.2) is 0 Å². The molecule has 0 unspecified atom stereocenters. The van der Waals surface area contributed by atoms with Crippen molar-refractivity contribution in [1.29, 1.82) is 0 Å². The number of amides is 1. The van der Waals surface area contributed by atoms with Crippen LogP contribution in [0.25, 0.3) is 0 Å². The first-order valence-electron chi connectivity index (χ1n) is 5.57. The molecule has 0 spiro atoms. The summed E-state index contributed by atoms with van der Waals surface area (Å²) in [7, 11) is 0. The number of hydrogen-bond acceptors (Lipinski definition) is 3. The van der Waals surface area contributed by atoms with Crippen LogP contribution in [0.5, 0.6) is 0 Å². The Balaban J connectivity index is 2.51. The number of carbonyl (C=O) groups excluding carboxylic acids is 1. The Kier molecular flexibility index (Phi) is 5.15. The zero-order valence-corrected chi connectivity index (χ0v) is 10.9. The van der Waals surface area contributed by atoms with Crippen LogP contribution in [0, 0.1) is 6.92 Å². The minimum Gasteiger partial charge on any atom is -0.481 e. The van der Waals surface area contributed by atoms with E-state index in [0.717, 1.165) is 4.88 Å². The van der Waals surface area contributed by atoms with Gasteiger partial charge >= 0.3 is 5.97 Å². The van der Waals surface area contributed by atoms with Crippen LogP contribution in [-0.2, 0) is 16.0 Å². The molecule has 0 aliphatic heterocycles. The van der Waals surface area contributed by atoms with Crippen LogP contribution < -0.4 is 0 Å². The summed E-state index contributed by atoms with van der Waals surface area (Å²) in [4.78, 5) is 26.2. The molecule has 0 bridgehead atoms. The molecule has 0 atom stereocenters. The summed E-state index contributed by atoms with van der Waals surface area (Å²) in [5, 5.41) is 8.60. The average Bonchev–Trinajstić information content (AvgIpc) is 2.64. The van der Waals surface area contributed by atoms with Gasteiger partial charge in [0.15, 0.2) is 0 Å². The molecule has 0 aliphatic rings. The maximum Gasteiger partial charge on any atom is 0.305 e. The van der Waals surface area contributed by atoms with Crippen LogP contribution >= 0.6 is 11.3 Å². The third-order valence-electron chi connectivity index (χ3n) is 2.45. The van der Waals surface area contributed by atoms with Gasteiger partial charge in [0.05, 0.1) is 12.8 Å². The zero-order valence-electron chi connectivity index (χ0n) is 10.1. The lowest BCUT2D eigenvalue weighted by molar-refractivity contribution is -0.138. The summed E-state index contributed by atoms with van der Waals surface area (Å²) in [5.74, 6) is -0.876.